The molecule has 1 aliphatic heterocycles. The van der Waals surface area contributed by atoms with Gasteiger partial charge in [0.15, 0.2) is 0 Å². The number of carbonyl (C=O) groups excluding carboxylic acids is 2. The lowest BCUT2D eigenvalue weighted by molar-refractivity contribution is -0.148. The third-order valence-corrected chi connectivity index (χ3v) is 6.55. The molecule has 2 aliphatic rings. The fraction of sp³-hybridized carbons (Fsp3) is 0.375. The smallest absolute Gasteiger partial charge is 0.254 e. The van der Waals surface area contributed by atoms with E-state index in [1.54, 1.807) is 23.4 Å². The Labute approximate surface area is 185 Å². The van der Waals surface area contributed by atoms with Gasteiger partial charge in [0.2, 0.25) is 0 Å². The topological polar surface area (TPSA) is 98.9 Å². The van der Waals surface area contributed by atoms with Crippen LogP contribution in [0.2, 0.25) is 0 Å². The lowest BCUT2D eigenvalue weighted by Gasteiger charge is -2.41. The number of aliphatic hydroxyl groups is 2. The highest BCUT2D eigenvalue weighted by Crippen LogP contribution is 2.37. The first-order chi connectivity index (χ1) is 15.4. The van der Waals surface area contributed by atoms with Gasteiger partial charge in [-0.2, -0.15) is 0 Å². The number of rotatable bonds is 4. The molecule has 1 saturated heterocycles. The Morgan fingerprint density at radius 1 is 1.09 bits per heavy atom. The van der Waals surface area contributed by atoms with Crippen molar-refractivity contribution < 1.29 is 19.8 Å². The molecule has 8 nitrogen and oxygen atoms in total. The molecular weight excluding hydrogens is 408 g/mol. The second-order valence-electron chi connectivity index (χ2n) is 8.75. The Hall–Kier alpha value is -3.23. The first-order valence-electron chi connectivity index (χ1n) is 10.8. The van der Waals surface area contributed by atoms with Gasteiger partial charge >= 0.3 is 0 Å². The van der Waals surface area contributed by atoms with E-state index in [9.17, 15) is 19.8 Å². The van der Waals surface area contributed by atoms with Gasteiger partial charge in [-0.05, 0) is 48.2 Å². The van der Waals surface area contributed by atoms with Gasteiger partial charge in [0.25, 0.3) is 11.8 Å². The van der Waals surface area contributed by atoms with Crippen molar-refractivity contribution in [3.05, 3.63) is 54.4 Å². The first-order valence-corrected chi connectivity index (χ1v) is 10.8. The van der Waals surface area contributed by atoms with Crippen LogP contribution in [0.1, 0.15) is 23.2 Å². The molecule has 0 radical (unpaired) electrons. The summed E-state index contributed by atoms with van der Waals surface area (Å²) in [6, 6.07) is 13.0. The number of piperazine rings is 1. The highest BCUT2D eigenvalue weighted by molar-refractivity contribution is 5.95. The molecule has 1 saturated carbocycles. The van der Waals surface area contributed by atoms with Crippen LogP contribution in [0.3, 0.4) is 0 Å². The summed E-state index contributed by atoms with van der Waals surface area (Å²) in [5, 5.41) is 19.9. The predicted molar refractivity (Wildman–Crippen MR) is 119 cm³/mol. The molecule has 0 spiro atoms. The van der Waals surface area contributed by atoms with E-state index in [1.165, 1.54) is 4.90 Å². The number of imidazole rings is 1. The molecule has 1 atom stereocenters. The summed E-state index contributed by atoms with van der Waals surface area (Å²) in [5.74, 6) is -0.467. The monoisotopic (exact) mass is 434 g/mol. The molecule has 2 N–H and O–H groups in total. The third kappa shape index (κ3) is 3.55. The van der Waals surface area contributed by atoms with Crippen LogP contribution < -0.4 is 0 Å². The number of aromatic nitrogens is 2. The van der Waals surface area contributed by atoms with E-state index < -0.39 is 11.6 Å². The van der Waals surface area contributed by atoms with E-state index in [2.05, 4.69) is 4.98 Å². The molecule has 1 aromatic heterocycles. The number of carbonyl (C=O) groups is 2. The number of fused-ring (bicyclic) bond motifs is 1. The van der Waals surface area contributed by atoms with Gasteiger partial charge in [0, 0.05) is 32.2 Å². The lowest BCUT2D eigenvalue weighted by Crippen LogP contribution is -2.60. The van der Waals surface area contributed by atoms with Crippen LogP contribution in [0.5, 0.6) is 0 Å². The predicted octanol–water partition coefficient (Wildman–Crippen LogP) is 1.41. The van der Waals surface area contributed by atoms with Gasteiger partial charge in [-0.1, -0.05) is 18.2 Å². The Kier molecular flexibility index (Phi) is 4.98. The van der Waals surface area contributed by atoms with Gasteiger partial charge in [-0.15, -0.1) is 0 Å². The van der Waals surface area contributed by atoms with E-state index in [1.807, 2.05) is 41.9 Å². The number of benzene rings is 2. The number of hydrogen-bond donors (Lipinski definition) is 2. The zero-order chi connectivity index (χ0) is 22.5. The highest BCUT2D eigenvalue weighted by Gasteiger charge is 2.52. The summed E-state index contributed by atoms with van der Waals surface area (Å²) >= 11 is 0. The van der Waals surface area contributed by atoms with Crippen LogP contribution >= 0.6 is 0 Å². The number of aryl methyl sites for hydroxylation is 1. The van der Waals surface area contributed by atoms with Crippen LogP contribution in [0.4, 0.5) is 0 Å². The van der Waals surface area contributed by atoms with Crippen molar-refractivity contribution in [3.63, 3.8) is 0 Å². The molecule has 2 amide bonds. The third-order valence-electron chi connectivity index (χ3n) is 6.55. The average molecular weight is 434 g/mol. The van der Waals surface area contributed by atoms with E-state index >= 15 is 0 Å². The minimum Gasteiger partial charge on any atom is -0.394 e. The highest BCUT2D eigenvalue weighted by atomic mass is 16.3. The van der Waals surface area contributed by atoms with Crippen LogP contribution in [0.25, 0.3) is 22.2 Å². The zero-order valence-corrected chi connectivity index (χ0v) is 17.9. The summed E-state index contributed by atoms with van der Waals surface area (Å²) in [6.45, 7) is 0.672. The maximum Gasteiger partial charge on any atom is 0.254 e. The average Bonchev–Trinajstić information content (AvgIpc) is 3.48. The van der Waals surface area contributed by atoms with Crippen molar-refractivity contribution in [1.82, 2.24) is 19.4 Å². The number of amides is 2. The van der Waals surface area contributed by atoms with Crippen molar-refractivity contribution in [2.45, 2.75) is 24.5 Å². The quantitative estimate of drug-likeness (QED) is 0.647. The number of hydrogen-bond acceptors (Lipinski definition) is 5. The Morgan fingerprint density at radius 2 is 1.81 bits per heavy atom. The van der Waals surface area contributed by atoms with Crippen molar-refractivity contribution >= 4 is 22.8 Å². The fourth-order valence-electron chi connectivity index (χ4n) is 4.37. The van der Waals surface area contributed by atoms with Crippen LogP contribution in [0, 0.1) is 0 Å². The molecule has 3 aromatic rings. The molecule has 1 aliphatic carbocycles. The second kappa shape index (κ2) is 7.72. The van der Waals surface area contributed by atoms with Gasteiger partial charge in [0.1, 0.15) is 5.60 Å². The van der Waals surface area contributed by atoms with Crippen LogP contribution in [-0.2, 0) is 11.8 Å². The molecule has 0 bridgehead atoms. The minimum atomic E-state index is -1.27. The van der Waals surface area contributed by atoms with E-state index in [-0.39, 0.29) is 25.0 Å². The van der Waals surface area contributed by atoms with Crippen LogP contribution in [-0.4, -0.2) is 79.3 Å². The zero-order valence-electron chi connectivity index (χ0n) is 17.9. The minimum absolute atomic E-state index is 0.132. The Balaban J connectivity index is 1.29. The summed E-state index contributed by atoms with van der Waals surface area (Å²) in [5.41, 5.74) is 3.29. The molecule has 2 aromatic carbocycles. The van der Waals surface area contributed by atoms with Gasteiger partial charge in [-0.25, -0.2) is 4.98 Å². The van der Waals surface area contributed by atoms with Crippen molar-refractivity contribution in [2.75, 3.05) is 26.2 Å². The number of nitrogens with zero attached hydrogens (tertiary/aromatic N) is 4. The number of aliphatic hydroxyl groups excluding tert-OH is 1. The lowest BCUT2D eigenvalue weighted by atomic mass is 10.0. The summed E-state index contributed by atoms with van der Waals surface area (Å²) in [6.07, 6.45) is 2.71. The first kappa shape index (κ1) is 20.7. The van der Waals surface area contributed by atoms with E-state index in [4.69, 9.17) is 0 Å². The summed E-state index contributed by atoms with van der Waals surface area (Å²) < 4.78 is 1.97. The molecule has 8 heteroatoms. The maximum atomic E-state index is 13.1. The molecular formula is C24H26N4O4. The summed E-state index contributed by atoms with van der Waals surface area (Å²) in [7, 11) is 1.96. The Bertz CT molecular complexity index is 1180. The standard InChI is InChI=1S/C24H26N4O4/c1-26-15-25-20-12-18(6-7-21(20)26)16-2-4-17(5-3-16)22(30)27-10-11-28(19(13-27)14-29)23(31)24(32)8-9-24/h2-7,12,15,19,29,32H,8-11,13-14H2,1H3. The molecule has 166 valence electrons. The van der Waals surface area contributed by atoms with Crippen molar-refractivity contribution in [3.8, 4) is 11.1 Å². The second-order valence-corrected chi connectivity index (χ2v) is 8.75. The van der Waals surface area contributed by atoms with Crippen molar-refractivity contribution in [1.29, 1.82) is 0 Å². The van der Waals surface area contributed by atoms with E-state index in [0.29, 0.717) is 31.5 Å². The molecule has 2 fully saturated rings. The SMILES string of the molecule is Cn1cnc2cc(-c3ccc(C(=O)N4CCN(C(=O)C5(O)CC5)C(CO)C4)cc3)ccc21. The molecule has 2 heterocycles. The molecule has 5 rings (SSSR count). The summed E-state index contributed by atoms with van der Waals surface area (Å²) in [4.78, 5) is 33.1. The fourth-order valence-corrected chi connectivity index (χ4v) is 4.37. The largest absolute Gasteiger partial charge is 0.394 e. The molecule has 32 heavy (non-hydrogen) atoms. The Morgan fingerprint density at radius 3 is 2.50 bits per heavy atom. The molecule has 1 unspecified atom stereocenters. The van der Waals surface area contributed by atoms with E-state index in [0.717, 1.165) is 22.2 Å². The van der Waals surface area contributed by atoms with Crippen LogP contribution in [0.15, 0.2) is 48.8 Å². The van der Waals surface area contributed by atoms with Gasteiger partial charge in [0.05, 0.1) is 30.0 Å². The normalized spacial score (nSPS) is 19.9. The maximum absolute atomic E-state index is 13.1. The van der Waals surface area contributed by atoms with Crippen molar-refractivity contribution in [2.24, 2.45) is 7.05 Å². The van der Waals surface area contributed by atoms with Gasteiger partial charge in [-0.3, -0.25) is 9.59 Å². The van der Waals surface area contributed by atoms with Gasteiger partial charge < -0.3 is 24.6 Å².